The number of carbonyl (C=O) groups excluding carboxylic acids is 1. The first-order chi connectivity index (χ1) is 11.2. The standard InChI is InChI=1S/C17H22N4O2/c22-15-9-11(10-21-7-1-5-19-21)8-14(15)20-17(23)16-13(4-6-18-16)12-2-3-12/h1,4-7,11-12,14-15,18,22H,2-3,8-10H2,(H,20,23)/t11?,14-,15-/m1/s1. The van der Waals surface area contributed by atoms with Crippen molar-refractivity contribution in [1.82, 2.24) is 20.1 Å². The molecule has 0 spiro atoms. The van der Waals surface area contributed by atoms with Crippen molar-refractivity contribution in [2.24, 2.45) is 5.92 Å². The van der Waals surface area contributed by atoms with Crippen LogP contribution < -0.4 is 5.32 Å². The average Bonchev–Trinajstić information content (AvgIpc) is 2.94. The Bertz CT molecular complexity index is 675. The topological polar surface area (TPSA) is 82.9 Å². The zero-order chi connectivity index (χ0) is 15.8. The summed E-state index contributed by atoms with van der Waals surface area (Å²) in [5.74, 6) is 0.769. The van der Waals surface area contributed by atoms with Crippen LogP contribution in [0.15, 0.2) is 30.7 Å². The van der Waals surface area contributed by atoms with Crippen molar-refractivity contribution in [3.8, 4) is 0 Å². The first-order valence-corrected chi connectivity index (χ1v) is 8.34. The number of aromatic amines is 1. The predicted molar refractivity (Wildman–Crippen MR) is 85.0 cm³/mol. The third-order valence-electron chi connectivity index (χ3n) is 4.97. The van der Waals surface area contributed by atoms with Crippen molar-refractivity contribution in [2.45, 2.75) is 50.3 Å². The number of amides is 1. The van der Waals surface area contributed by atoms with E-state index in [1.54, 1.807) is 6.20 Å². The summed E-state index contributed by atoms with van der Waals surface area (Å²) in [7, 11) is 0. The monoisotopic (exact) mass is 314 g/mol. The van der Waals surface area contributed by atoms with Crippen LogP contribution >= 0.6 is 0 Å². The highest BCUT2D eigenvalue weighted by Crippen LogP contribution is 2.41. The van der Waals surface area contributed by atoms with Crippen molar-refractivity contribution < 1.29 is 9.90 Å². The lowest BCUT2D eigenvalue weighted by molar-refractivity contribution is 0.0867. The van der Waals surface area contributed by atoms with Gasteiger partial charge in [-0.1, -0.05) is 0 Å². The molecule has 6 heteroatoms. The molecule has 1 amide bonds. The van der Waals surface area contributed by atoms with Crippen molar-refractivity contribution in [1.29, 1.82) is 0 Å². The SMILES string of the molecule is O=C(N[C@@H]1CC(Cn2cccn2)C[C@H]1O)c1[nH]ccc1C1CC1. The summed E-state index contributed by atoms with van der Waals surface area (Å²) in [6.45, 7) is 0.784. The Morgan fingerprint density at radius 1 is 1.43 bits per heavy atom. The number of nitrogens with one attached hydrogen (secondary N) is 2. The van der Waals surface area contributed by atoms with Crippen LogP contribution in [-0.2, 0) is 6.54 Å². The van der Waals surface area contributed by atoms with Crippen molar-refractivity contribution >= 4 is 5.91 Å². The Morgan fingerprint density at radius 2 is 2.30 bits per heavy atom. The molecule has 2 fully saturated rings. The number of aliphatic hydroxyl groups is 1. The van der Waals surface area contributed by atoms with Crippen LogP contribution in [0.2, 0.25) is 0 Å². The summed E-state index contributed by atoms with van der Waals surface area (Å²) < 4.78 is 1.89. The maximum absolute atomic E-state index is 12.5. The van der Waals surface area contributed by atoms with Crippen LogP contribution in [0.1, 0.15) is 47.7 Å². The van der Waals surface area contributed by atoms with Crippen LogP contribution in [0, 0.1) is 5.92 Å². The molecule has 0 bridgehead atoms. The van der Waals surface area contributed by atoms with Crippen LogP contribution in [0.3, 0.4) is 0 Å². The fraction of sp³-hybridized carbons (Fsp3) is 0.529. The summed E-state index contributed by atoms with van der Waals surface area (Å²) in [6.07, 6.45) is 8.84. The van der Waals surface area contributed by atoms with Gasteiger partial charge in [0.1, 0.15) is 5.69 Å². The van der Waals surface area contributed by atoms with E-state index in [1.165, 1.54) is 0 Å². The van der Waals surface area contributed by atoms with E-state index in [2.05, 4.69) is 15.4 Å². The van der Waals surface area contributed by atoms with Gasteiger partial charge in [-0.15, -0.1) is 0 Å². The molecule has 6 nitrogen and oxygen atoms in total. The highest BCUT2D eigenvalue weighted by atomic mass is 16.3. The minimum absolute atomic E-state index is 0.0966. The van der Waals surface area contributed by atoms with Gasteiger partial charge in [-0.2, -0.15) is 5.10 Å². The lowest BCUT2D eigenvalue weighted by Gasteiger charge is -2.16. The fourth-order valence-corrected chi connectivity index (χ4v) is 3.65. The second-order valence-electron chi connectivity index (χ2n) is 6.80. The van der Waals surface area contributed by atoms with Crippen LogP contribution in [0.4, 0.5) is 0 Å². The molecule has 23 heavy (non-hydrogen) atoms. The van der Waals surface area contributed by atoms with Gasteiger partial charge in [0.05, 0.1) is 12.1 Å². The molecule has 2 aromatic rings. The molecule has 2 heterocycles. The van der Waals surface area contributed by atoms with Gasteiger partial charge >= 0.3 is 0 Å². The number of nitrogens with zero attached hydrogens (tertiary/aromatic N) is 2. The molecule has 0 saturated heterocycles. The van der Waals surface area contributed by atoms with Crippen molar-refractivity contribution in [3.63, 3.8) is 0 Å². The Hall–Kier alpha value is -2.08. The number of carbonyl (C=O) groups is 1. The van der Waals surface area contributed by atoms with E-state index in [4.69, 9.17) is 0 Å². The molecule has 0 aromatic carbocycles. The molecule has 2 aliphatic rings. The Morgan fingerprint density at radius 3 is 3.04 bits per heavy atom. The highest BCUT2D eigenvalue weighted by Gasteiger charge is 2.35. The highest BCUT2D eigenvalue weighted by molar-refractivity contribution is 5.94. The quantitative estimate of drug-likeness (QED) is 0.785. The zero-order valence-electron chi connectivity index (χ0n) is 13.0. The van der Waals surface area contributed by atoms with E-state index < -0.39 is 6.10 Å². The third-order valence-corrected chi connectivity index (χ3v) is 4.97. The molecule has 122 valence electrons. The van der Waals surface area contributed by atoms with E-state index in [0.717, 1.165) is 31.4 Å². The van der Waals surface area contributed by atoms with E-state index in [0.29, 0.717) is 24.0 Å². The second kappa shape index (κ2) is 5.85. The number of rotatable bonds is 5. The smallest absolute Gasteiger partial charge is 0.268 e. The van der Waals surface area contributed by atoms with E-state index in [-0.39, 0.29) is 11.9 Å². The minimum Gasteiger partial charge on any atom is -0.391 e. The molecule has 4 rings (SSSR count). The molecular weight excluding hydrogens is 292 g/mol. The van der Waals surface area contributed by atoms with Gasteiger partial charge in [0.25, 0.3) is 5.91 Å². The molecule has 2 saturated carbocycles. The summed E-state index contributed by atoms with van der Waals surface area (Å²) in [5.41, 5.74) is 1.78. The first kappa shape index (κ1) is 14.5. The van der Waals surface area contributed by atoms with E-state index in [1.807, 2.05) is 29.2 Å². The normalized spacial score (nSPS) is 27.3. The van der Waals surface area contributed by atoms with E-state index >= 15 is 0 Å². The summed E-state index contributed by atoms with van der Waals surface area (Å²) in [6, 6.07) is 3.71. The molecule has 1 unspecified atom stereocenters. The van der Waals surface area contributed by atoms with E-state index in [9.17, 15) is 9.90 Å². The van der Waals surface area contributed by atoms with Crippen molar-refractivity contribution in [3.05, 3.63) is 42.0 Å². The molecule has 2 aliphatic carbocycles. The number of H-pyrrole nitrogens is 1. The van der Waals surface area contributed by atoms with Crippen LogP contribution in [0.5, 0.6) is 0 Å². The van der Waals surface area contributed by atoms with Gasteiger partial charge in [0.15, 0.2) is 0 Å². The second-order valence-corrected chi connectivity index (χ2v) is 6.80. The van der Waals surface area contributed by atoms with Crippen molar-refractivity contribution in [2.75, 3.05) is 0 Å². The molecule has 0 radical (unpaired) electrons. The number of hydrogen-bond acceptors (Lipinski definition) is 3. The Labute approximate surface area is 134 Å². The third kappa shape index (κ3) is 3.03. The molecule has 2 aromatic heterocycles. The number of hydrogen-bond donors (Lipinski definition) is 3. The van der Waals surface area contributed by atoms with Gasteiger partial charge in [-0.3, -0.25) is 9.48 Å². The maximum atomic E-state index is 12.5. The maximum Gasteiger partial charge on any atom is 0.268 e. The number of aromatic nitrogens is 3. The number of aliphatic hydroxyl groups excluding tert-OH is 1. The summed E-state index contributed by atoms with van der Waals surface area (Å²) in [5, 5.41) is 17.5. The molecule has 3 atom stereocenters. The minimum atomic E-state index is -0.487. The molecule has 3 N–H and O–H groups in total. The molecular formula is C17H22N4O2. The molecule has 0 aliphatic heterocycles. The first-order valence-electron chi connectivity index (χ1n) is 8.34. The van der Waals surface area contributed by atoms with Gasteiger partial charge in [-0.25, -0.2) is 0 Å². The summed E-state index contributed by atoms with van der Waals surface area (Å²) >= 11 is 0. The zero-order valence-corrected chi connectivity index (χ0v) is 13.0. The van der Waals surface area contributed by atoms with Crippen LogP contribution in [0.25, 0.3) is 0 Å². The van der Waals surface area contributed by atoms with Gasteiger partial charge in [0.2, 0.25) is 0 Å². The fourth-order valence-electron chi connectivity index (χ4n) is 3.65. The van der Waals surface area contributed by atoms with Crippen LogP contribution in [-0.4, -0.2) is 37.9 Å². The van der Waals surface area contributed by atoms with Gasteiger partial charge < -0.3 is 15.4 Å². The Balaban J connectivity index is 1.38. The van der Waals surface area contributed by atoms with Gasteiger partial charge in [-0.05, 0) is 55.2 Å². The average molecular weight is 314 g/mol. The predicted octanol–water partition coefficient (Wildman–Crippen LogP) is 1.66. The summed E-state index contributed by atoms with van der Waals surface area (Å²) in [4.78, 5) is 15.6. The lowest BCUT2D eigenvalue weighted by atomic mass is 10.1. The largest absolute Gasteiger partial charge is 0.391 e. The Kier molecular flexibility index (Phi) is 3.69. The van der Waals surface area contributed by atoms with Gasteiger partial charge in [0, 0.05) is 25.1 Å². The lowest BCUT2D eigenvalue weighted by Crippen LogP contribution is -2.40.